The number of amides is 1. The monoisotopic (exact) mass is 420 g/mol. The first kappa shape index (κ1) is 21.9. The standard InChI is InChI=1S/C22H27F3N4O/c1-3-12-28(2)19-7-4-16(5-8-19)21(30)27-18-10-13-29(14-11-18)20-9-6-17(15-26-20)22(23,24)25/h4-9,15,18H,3,10-14H2,1-2H3,(H,27,30). The molecule has 162 valence electrons. The third kappa shape index (κ3) is 5.43. The number of carbonyl (C=O) groups is 1. The van der Waals surface area contributed by atoms with Crippen LogP contribution in [0.1, 0.15) is 42.1 Å². The van der Waals surface area contributed by atoms with Crippen LogP contribution < -0.4 is 15.1 Å². The lowest BCUT2D eigenvalue weighted by Gasteiger charge is -2.33. The molecule has 0 atom stereocenters. The van der Waals surface area contributed by atoms with Crippen molar-refractivity contribution in [2.45, 2.75) is 38.4 Å². The fourth-order valence-corrected chi connectivity index (χ4v) is 3.59. The van der Waals surface area contributed by atoms with Gasteiger partial charge >= 0.3 is 6.18 Å². The Kier molecular flexibility index (Phi) is 6.84. The first-order valence-corrected chi connectivity index (χ1v) is 10.2. The highest BCUT2D eigenvalue weighted by Gasteiger charge is 2.31. The summed E-state index contributed by atoms with van der Waals surface area (Å²) in [5.74, 6) is 0.422. The van der Waals surface area contributed by atoms with Crippen LogP contribution >= 0.6 is 0 Å². The zero-order chi connectivity index (χ0) is 21.7. The molecule has 1 aromatic carbocycles. The molecule has 3 rings (SSSR count). The molecule has 0 saturated carbocycles. The third-order valence-corrected chi connectivity index (χ3v) is 5.36. The number of aromatic nitrogens is 1. The van der Waals surface area contributed by atoms with Crippen molar-refractivity contribution in [2.75, 3.05) is 36.5 Å². The van der Waals surface area contributed by atoms with Crippen LogP contribution in [0.2, 0.25) is 0 Å². The van der Waals surface area contributed by atoms with Gasteiger partial charge in [-0.15, -0.1) is 0 Å². The van der Waals surface area contributed by atoms with E-state index in [1.54, 1.807) is 0 Å². The van der Waals surface area contributed by atoms with Crippen molar-refractivity contribution in [2.24, 2.45) is 0 Å². The van der Waals surface area contributed by atoms with Gasteiger partial charge in [0, 0.05) is 50.2 Å². The maximum Gasteiger partial charge on any atom is 0.417 e. The topological polar surface area (TPSA) is 48.5 Å². The lowest BCUT2D eigenvalue weighted by molar-refractivity contribution is -0.137. The van der Waals surface area contributed by atoms with Gasteiger partial charge in [-0.05, 0) is 55.7 Å². The van der Waals surface area contributed by atoms with Gasteiger partial charge in [-0.25, -0.2) is 4.98 Å². The first-order chi connectivity index (χ1) is 14.3. The molecule has 1 N–H and O–H groups in total. The molecule has 30 heavy (non-hydrogen) atoms. The Morgan fingerprint density at radius 2 is 1.83 bits per heavy atom. The van der Waals surface area contributed by atoms with Crippen LogP contribution in [0.15, 0.2) is 42.6 Å². The zero-order valence-electron chi connectivity index (χ0n) is 17.2. The number of halogens is 3. The van der Waals surface area contributed by atoms with E-state index in [4.69, 9.17) is 0 Å². The van der Waals surface area contributed by atoms with Gasteiger partial charge in [0.05, 0.1) is 5.56 Å². The van der Waals surface area contributed by atoms with Gasteiger partial charge in [-0.2, -0.15) is 13.2 Å². The highest BCUT2D eigenvalue weighted by molar-refractivity contribution is 5.94. The van der Waals surface area contributed by atoms with Gasteiger partial charge in [0.25, 0.3) is 5.91 Å². The summed E-state index contributed by atoms with van der Waals surface area (Å²) in [7, 11) is 2.03. The number of nitrogens with zero attached hydrogens (tertiary/aromatic N) is 3. The van der Waals surface area contributed by atoms with Crippen LogP contribution in [0.5, 0.6) is 0 Å². The summed E-state index contributed by atoms with van der Waals surface area (Å²) in [6.45, 7) is 4.34. The quantitative estimate of drug-likeness (QED) is 0.755. The smallest absolute Gasteiger partial charge is 0.375 e. The third-order valence-electron chi connectivity index (χ3n) is 5.36. The number of rotatable bonds is 6. The SMILES string of the molecule is CCCN(C)c1ccc(C(=O)NC2CCN(c3ccc(C(F)(F)F)cn3)CC2)cc1. The number of carbonyl (C=O) groups excluding carboxylic acids is 1. The lowest BCUT2D eigenvalue weighted by atomic mass is 10.0. The number of benzene rings is 1. The van der Waals surface area contributed by atoms with Gasteiger partial charge in [-0.1, -0.05) is 6.92 Å². The number of anilines is 2. The van der Waals surface area contributed by atoms with E-state index in [0.717, 1.165) is 30.9 Å². The summed E-state index contributed by atoms with van der Waals surface area (Å²) >= 11 is 0. The molecule has 0 unspecified atom stereocenters. The minimum absolute atomic E-state index is 0.0330. The fourth-order valence-electron chi connectivity index (χ4n) is 3.59. The number of alkyl halides is 3. The van der Waals surface area contributed by atoms with Crippen molar-refractivity contribution >= 4 is 17.4 Å². The van der Waals surface area contributed by atoms with E-state index in [0.29, 0.717) is 37.3 Å². The summed E-state index contributed by atoms with van der Waals surface area (Å²) in [6, 6.07) is 10.0. The Balaban J connectivity index is 1.51. The molecule has 1 amide bonds. The average Bonchev–Trinajstić information content (AvgIpc) is 2.74. The molecular formula is C22H27F3N4O. The fraction of sp³-hybridized carbons (Fsp3) is 0.455. The molecule has 5 nitrogen and oxygen atoms in total. The van der Waals surface area contributed by atoms with Gasteiger partial charge in [0.2, 0.25) is 0 Å². The van der Waals surface area contributed by atoms with Gasteiger partial charge in [-0.3, -0.25) is 4.79 Å². The van der Waals surface area contributed by atoms with E-state index in [1.165, 1.54) is 6.07 Å². The summed E-state index contributed by atoms with van der Waals surface area (Å²) < 4.78 is 38.0. The molecule has 0 bridgehead atoms. The Morgan fingerprint density at radius 1 is 1.17 bits per heavy atom. The van der Waals surface area contributed by atoms with E-state index in [1.807, 2.05) is 36.2 Å². The second-order valence-corrected chi connectivity index (χ2v) is 7.61. The molecule has 1 aliphatic rings. The van der Waals surface area contributed by atoms with E-state index in [9.17, 15) is 18.0 Å². The molecule has 0 spiro atoms. The van der Waals surface area contributed by atoms with Crippen LogP contribution in [0, 0.1) is 0 Å². The first-order valence-electron chi connectivity index (χ1n) is 10.2. The number of hydrogen-bond donors (Lipinski definition) is 1. The van der Waals surface area contributed by atoms with Gasteiger partial charge in [0.1, 0.15) is 5.82 Å². The van der Waals surface area contributed by atoms with Crippen molar-refractivity contribution in [3.05, 3.63) is 53.7 Å². The van der Waals surface area contributed by atoms with Crippen molar-refractivity contribution in [1.29, 1.82) is 0 Å². The van der Waals surface area contributed by atoms with E-state index in [2.05, 4.69) is 22.1 Å². The molecule has 8 heteroatoms. The predicted molar refractivity (Wildman–Crippen MR) is 112 cm³/mol. The Hall–Kier alpha value is -2.77. The van der Waals surface area contributed by atoms with Crippen LogP contribution in [-0.4, -0.2) is 43.6 Å². The molecular weight excluding hydrogens is 393 g/mol. The van der Waals surface area contributed by atoms with Crippen LogP contribution in [-0.2, 0) is 6.18 Å². The maximum absolute atomic E-state index is 12.7. The summed E-state index contributed by atoms with van der Waals surface area (Å²) in [5.41, 5.74) is 0.946. The Morgan fingerprint density at radius 3 is 2.37 bits per heavy atom. The number of pyridine rings is 1. The normalized spacial score (nSPS) is 15.2. The average molecular weight is 420 g/mol. The molecule has 1 aliphatic heterocycles. The second kappa shape index (κ2) is 9.36. The summed E-state index contributed by atoms with van der Waals surface area (Å²) in [4.78, 5) is 20.6. The molecule has 1 saturated heterocycles. The molecule has 0 radical (unpaired) electrons. The molecule has 2 aromatic rings. The minimum atomic E-state index is -4.38. The zero-order valence-corrected chi connectivity index (χ0v) is 17.2. The van der Waals surface area contributed by atoms with Crippen LogP contribution in [0.25, 0.3) is 0 Å². The van der Waals surface area contributed by atoms with Crippen molar-refractivity contribution in [3.8, 4) is 0 Å². The number of hydrogen-bond acceptors (Lipinski definition) is 4. The lowest BCUT2D eigenvalue weighted by Crippen LogP contribution is -2.45. The summed E-state index contributed by atoms with van der Waals surface area (Å²) in [5, 5.41) is 3.06. The van der Waals surface area contributed by atoms with Crippen molar-refractivity contribution < 1.29 is 18.0 Å². The Labute approximate surface area is 174 Å². The second-order valence-electron chi connectivity index (χ2n) is 7.61. The van der Waals surface area contributed by atoms with Crippen molar-refractivity contribution in [3.63, 3.8) is 0 Å². The van der Waals surface area contributed by atoms with Crippen LogP contribution in [0.3, 0.4) is 0 Å². The molecule has 0 aliphatic carbocycles. The predicted octanol–water partition coefficient (Wildman–Crippen LogP) is 4.35. The van der Waals surface area contributed by atoms with E-state index >= 15 is 0 Å². The highest BCUT2D eigenvalue weighted by atomic mass is 19.4. The molecule has 1 fully saturated rings. The van der Waals surface area contributed by atoms with Gasteiger partial charge < -0.3 is 15.1 Å². The Bertz CT molecular complexity index is 829. The summed E-state index contributed by atoms with van der Waals surface area (Å²) in [6.07, 6.45) is -1.03. The van der Waals surface area contributed by atoms with E-state index < -0.39 is 11.7 Å². The maximum atomic E-state index is 12.7. The minimum Gasteiger partial charge on any atom is -0.375 e. The van der Waals surface area contributed by atoms with Crippen molar-refractivity contribution in [1.82, 2.24) is 10.3 Å². The van der Waals surface area contributed by atoms with Crippen LogP contribution in [0.4, 0.5) is 24.7 Å². The molecule has 1 aromatic heterocycles. The van der Waals surface area contributed by atoms with E-state index in [-0.39, 0.29) is 11.9 Å². The number of piperidine rings is 1. The largest absolute Gasteiger partial charge is 0.417 e. The van der Waals surface area contributed by atoms with Gasteiger partial charge in [0.15, 0.2) is 0 Å². The number of nitrogens with one attached hydrogen (secondary N) is 1. The molecule has 2 heterocycles. The highest BCUT2D eigenvalue weighted by Crippen LogP contribution is 2.29.